The molecule has 2 aromatic carbocycles. The molecule has 2 aromatic rings. The van der Waals surface area contributed by atoms with Crippen molar-refractivity contribution >= 4 is 35.4 Å². The average Bonchev–Trinajstić information content (AvgIpc) is 2.41. The van der Waals surface area contributed by atoms with Crippen LogP contribution >= 0.6 is 35.4 Å². The van der Waals surface area contributed by atoms with Crippen molar-refractivity contribution < 1.29 is 18.5 Å². The second-order valence-corrected chi connectivity index (χ2v) is 7.41. The van der Waals surface area contributed by atoms with E-state index in [0.717, 1.165) is 5.56 Å². The van der Waals surface area contributed by atoms with E-state index in [0.29, 0.717) is 5.02 Å². The van der Waals surface area contributed by atoms with Gasteiger partial charge in [-0.1, -0.05) is 39.7 Å². The molecule has 0 radical (unpaired) electrons. The number of rotatable bonds is 5. The highest BCUT2D eigenvalue weighted by Crippen LogP contribution is 2.44. The molecule has 4 nitrogen and oxygen atoms in total. The van der Waals surface area contributed by atoms with Gasteiger partial charge in [0.25, 0.3) is 0 Å². The minimum absolute atomic E-state index is 0.108. The van der Waals surface area contributed by atoms with Gasteiger partial charge in [0, 0.05) is 9.85 Å². The van der Waals surface area contributed by atoms with Crippen molar-refractivity contribution in [1.82, 2.24) is 0 Å². The predicted octanol–water partition coefficient (Wildman–Crippen LogP) is 5.35. The minimum atomic E-state index is -4.26. The third-order valence-corrected chi connectivity index (χ3v) is 4.24. The van der Waals surface area contributed by atoms with Gasteiger partial charge in [0.15, 0.2) is 0 Å². The first-order valence-corrected chi connectivity index (χ1v) is 8.86. The lowest BCUT2D eigenvalue weighted by molar-refractivity contribution is 0.291. The summed E-state index contributed by atoms with van der Waals surface area (Å²) >= 11 is 9.16. The van der Waals surface area contributed by atoms with Gasteiger partial charge in [-0.15, -0.1) is 0 Å². The minimum Gasteiger partial charge on any atom is -0.395 e. The lowest BCUT2D eigenvalue weighted by atomic mass is 10.2. The summed E-state index contributed by atoms with van der Waals surface area (Å²) in [5, 5.41) is 0.509. The van der Waals surface area contributed by atoms with E-state index in [2.05, 4.69) is 15.9 Å². The third-order valence-electron chi connectivity index (χ3n) is 2.57. The van der Waals surface area contributed by atoms with Gasteiger partial charge >= 0.3 is 7.82 Å². The normalized spacial score (nSPS) is 15.0. The van der Waals surface area contributed by atoms with Gasteiger partial charge in [-0.2, -0.15) is 0 Å². The Labute approximate surface area is 136 Å². The molecule has 0 spiro atoms. The Balaban J connectivity index is 2.11. The molecule has 0 aliphatic rings. The van der Waals surface area contributed by atoms with Crippen LogP contribution in [0.25, 0.3) is 0 Å². The largest absolute Gasteiger partial charge is 0.584 e. The first-order valence-electron chi connectivity index (χ1n) is 6.07. The molecule has 0 aromatic heterocycles. The van der Waals surface area contributed by atoms with Crippen molar-refractivity contribution in [2.24, 2.45) is 0 Å². The number of phosphoric ester groups is 1. The maximum Gasteiger partial charge on any atom is 0.584 e. The van der Waals surface area contributed by atoms with Crippen molar-refractivity contribution in [3.8, 4) is 11.5 Å². The molecule has 0 fully saturated rings. The van der Waals surface area contributed by atoms with E-state index in [1.54, 1.807) is 30.3 Å². The van der Waals surface area contributed by atoms with Crippen LogP contribution in [0.5, 0.6) is 11.5 Å². The number of benzene rings is 2. The van der Waals surface area contributed by atoms with Crippen molar-refractivity contribution in [3.05, 3.63) is 59.1 Å². The van der Waals surface area contributed by atoms with Crippen LogP contribution in [0.15, 0.2) is 48.5 Å². The lowest BCUT2D eigenvalue weighted by Gasteiger charge is -2.14. The Bertz CT molecular complexity index is 660. The molecule has 1 N–H and O–H groups in total. The van der Waals surface area contributed by atoms with E-state index in [-0.39, 0.29) is 16.3 Å². The number of hydrogen-bond donors (Lipinski definition) is 1. The van der Waals surface area contributed by atoms with Crippen molar-refractivity contribution in [1.29, 1.82) is 0 Å². The van der Waals surface area contributed by atoms with Crippen LogP contribution < -0.4 is 9.05 Å². The molecule has 2 rings (SSSR count). The molecule has 2 unspecified atom stereocenters. The summed E-state index contributed by atoms with van der Waals surface area (Å²) in [4.78, 5) is 9.89. The standard InChI is InChI=1S/C14H13BrClO4P/c1-10(15)11-3-2-4-14(9-11)20-21(17,18)19-13-7-5-12(16)6-8-13/h2-10H,1H3,(H,17,18). The molecule has 21 heavy (non-hydrogen) atoms. The van der Waals surface area contributed by atoms with E-state index in [4.69, 9.17) is 20.6 Å². The zero-order chi connectivity index (χ0) is 15.5. The fourth-order valence-corrected chi connectivity index (χ4v) is 2.82. The monoisotopic (exact) mass is 390 g/mol. The summed E-state index contributed by atoms with van der Waals surface area (Å²) in [6.07, 6.45) is 0. The van der Waals surface area contributed by atoms with E-state index < -0.39 is 7.82 Å². The van der Waals surface area contributed by atoms with E-state index in [1.165, 1.54) is 12.1 Å². The molecular formula is C14H13BrClO4P. The summed E-state index contributed by atoms with van der Waals surface area (Å²) in [7, 11) is -4.26. The number of phosphoric acid groups is 1. The van der Waals surface area contributed by atoms with Crippen LogP contribution in [-0.2, 0) is 4.57 Å². The summed E-state index contributed by atoms with van der Waals surface area (Å²) in [5.74, 6) is 0.467. The molecule has 0 bridgehead atoms. The van der Waals surface area contributed by atoms with E-state index >= 15 is 0 Å². The fourth-order valence-electron chi connectivity index (χ4n) is 1.60. The van der Waals surface area contributed by atoms with Crippen LogP contribution in [0.1, 0.15) is 17.3 Å². The fraction of sp³-hybridized carbons (Fsp3) is 0.143. The molecule has 0 aliphatic heterocycles. The zero-order valence-corrected chi connectivity index (χ0v) is 14.3. The van der Waals surface area contributed by atoms with Crippen molar-refractivity contribution in [2.45, 2.75) is 11.8 Å². The molecule has 0 heterocycles. The SMILES string of the molecule is CC(Br)c1cccc(OP(=O)(O)Oc2ccc(Cl)cc2)c1. The van der Waals surface area contributed by atoms with Crippen molar-refractivity contribution in [3.63, 3.8) is 0 Å². The topological polar surface area (TPSA) is 55.8 Å². The number of hydrogen-bond acceptors (Lipinski definition) is 3. The van der Waals surface area contributed by atoms with E-state index in [9.17, 15) is 9.46 Å². The summed E-state index contributed by atoms with van der Waals surface area (Å²) in [6, 6.07) is 13.0. The number of alkyl halides is 1. The van der Waals surface area contributed by atoms with Crippen LogP contribution in [0.4, 0.5) is 0 Å². The molecular weight excluding hydrogens is 378 g/mol. The van der Waals surface area contributed by atoms with Gasteiger partial charge in [-0.05, 0) is 48.9 Å². The zero-order valence-electron chi connectivity index (χ0n) is 11.1. The maximum absolute atomic E-state index is 12.0. The van der Waals surface area contributed by atoms with Crippen LogP contribution in [0, 0.1) is 0 Å². The lowest BCUT2D eigenvalue weighted by Crippen LogP contribution is -2.00. The van der Waals surface area contributed by atoms with Crippen molar-refractivity contribution in [2.75, 3.05) is 0 Å². The van der Waals surface area contributed by atoms with Gasteiger partial charge in [-0.3, -0.25) is 4.89 Å². The second kappa shape index (κ2) is 6.84. The van der Waals surface area contributed by atoms with Gasteiger partial charge in [0.1, 0.15) is 11.5 Å². The summed E-state index contributed by atoms with van der Waals surface area (Å²) in [6.45, 7) is 1.95. The highest BCUT2D eigenvalue weighted by Gasteiger charge is 2.25. The molecule has 7 heteroatoms. The van der Waals surface area contributed by atoms with Gasteiger partial charge in [0.05, 0.1) is 0 Å². The average molecular weight is 392 g/mol. The number of halogens is 2. The maximum atomic E-state index is 12.0. The molecule has 112 valence electrons. The van der Waals surface area contributed by atoms with Crippen LogP contribution in [0.2, 0.25) is 5.02 Å². The second-order valence-electron chi connectivity index (χ2n) is 4.29. The molecule has 0 saturated heterocycles. The predicted molar refractivity (Wildman–Crippen MR) is 86.3 cm³/mol. The highest BCUT2D eigenvalue weighted by atomic mass is 79.9. The Kier molecular flexibility index (Phi) is 5.33. The third kappa shape index (κ3) is 5.04. The molecule has 0 amide bonds. The highest BCUT2D eigenvalue weighted by molar-refractivity contribution is 9.09. The summed E-state index contributed by atoms with van der Waals surface area (Å²) in [5.41, 5.74) is 0.930. The van der Waals surface area contributed by atoms with E-state index in [1.807, 2.05) is 13.0 Å². The molecule has 2 atom stereocenters. The first-order chi connectivity index (χ1) is 9.85. The molecule has 0 aliphatic carbocycles. The quantitative estimate of drug-likeness (QED) is 0.551. The van der Waals surface area contributed by atoms with Gasteiger partial charge in [0.2, 0.25) is 0 Å². The van der Waals surface area contributed by atoms with Gasteiger partial charge < -0.3 is 9.05 Å². The smallest absolute Gasteiger partial charge is 0.395 e. The Morgan fingerprint density at radius 3 is 2.38 bits per heavy atom. The Morgan fingerprint density at radius 2 is 1.76 bits per heavy atom. The van der Waals surface area contributed by atoms with Gasteiger partial charge in [-0.25, -0.2) is 4.57 Å². The Hall–Kier alpha value is -1.00. The van der Waals surface area contributed by atoms with Crippen LogP contribution in [-0.4, -0.2) is 4.89 Å². The van der Waals surface area contributed by atoms with Crippen LogP contribution in [0.3, 0.4) is 0 Å². The first kappa shape index (κ1) is 16.4. The Morgan fingerprint density at radius 1 is 1.14 bits per heavy atom. The molecule has 0 saturated carbocycles. The summed E-state index contributed by atoms with van der Waals surface area (Å²) < 4.78 is 22.0.